The van der Waals surface area contributed by atoms with Gasteiger partial charge in [0.1, 0.15) is 11.6 Å². The number of nitrogens with zero attached hydrogens (tertiary/aromatic N) is 2. The number of carbonyl (C=O) groups is 1. The Morgan fingerprint density at radius 2 is 1.36 bits per heavy atom. The van der Waals surface area contributed by atoms with Crippen molar-refractivity contribution in [1.29, 1.82) is 5.41 Å². The number of hydrogen-bond donors (Lipinski definition) is 3. The molecule has 1 aliphatic heterocycles. The van der Waals surface area contributed by atoms with E-state index in [1.165, 1.54) is 0 Å². The van der Waals surface area contributed by atoms with Gasteiger partial charge in [-0.2, -0.15) is 0 Å². The second-order valence-electron chi connectivity index (χ2n) is 6.11. The van der Waals surface area contributed by atoms with E-state index >= 15 is 0 Å². The van der Waals surface area contributed by atoms with Gasteiger partial charge in [-0.15, -0.1) is 24.8 Å². The Hall–Kier alpha value is -2.64. The molecule has 28 heavy (non-hydrogen) atoms. The maximum absolute atomic E-state index is 10.5. The van der Waals surface area contributed by atoms with Crippen LogP contribution in [0.2, 0.25) is 0 Å². The van der Waals surface area contributed by atoms with Crippen molar-refractivity contribution >= 4 is 48.0 Å². The van der Waals surface area contributed by atoms with Crippen LogP contribution in [-0.4, -0.2) is 49.7 Å². The third kappa shape index (κ3) is 5.94. The van der Waals surface area contributed by atoms with Crippen LogP contribution in [0.3, 0.4) is 0 Å². The van der Waals surface area contributed by atoms with Gasteiger partial charge in [0.2, 0.25) is 0 Å². The number of ether oxygens (including phenoxy) is 1. The summed E-state index contributed by atoms with van der Waals surface area (Å²) in [7, 11) is 0. The predicted octanol–water partition coefficient (Wildman–Crippen LogP) is 2.60. The molecule has 4 N–H and O–H groups in total. The van der Waals surface area contributed by atoms with E-state index in [0.29, 0.717) is 5.75 Å². The smallest absolute Gasteiger partial charge is 0.341 e. The lowest BCUT2D eigenvalue weighted by molar-refractivity contribution is -0.139. The topological polar surface area (TPSA) is 103 Å². The normalized spacial score (nSPS) is 13.1. The maximum Gasteiger partial charge on any atom is 0.341 e. The summed E-state index contributed by atoms with van der Waals surface area (Å²) in [6, 6.07) is 15.3. The molecule has 0 amide bonds. The highest BCUT2D eigenvalue weighted by Gasteiger charge is 2.17. The Balaban J connectivity index is 0.00000196. The number of nitrogens with one attached hydrogen (secondary N) is 1. The van der Waals surface area contributed by atoms with Crippen LogP contribution in [0.25, 0.3) is 0 Å². The molecule has 0 aliphatic carbocycles. The minimum Gasteiger partial charge on any atom is -0.482 e. The number of nitrogen functional groups attached to an aromatic ring is 1. The number of aliphatic carboxylic acids is 1. The summed E-state index contributed by atoms with van der Waals surface area (Å²) >= 11 is 0. The van der Waals surface area contributed by atoms with Gasteiger partial charge in [0, 0.05) is 43.1 Å². The lowest BCUT2D eigenvalue weighted by atomic mass is 10.1. The number of benzene rings is 2. The second-order valence-corrected chi connectivity index (χ2v) is 6.11. The van der Waals surface area contributed by atoms with Crippen LogP contribution in [0, 0.1) is 5.41 Å². The van der Waals surface area contributed by atoms with Crippen LogP contribution in [0.5, 0.6) is 5.75 Å². The van der Waals surface area contributed by atoms with E-state index < -0.39 is 5.97 Å². The Labute approximate surface area is 176 Å². The Morgan fingerprint density at radius 1 is 0.929 bits per heavy atom. The molecule has 0 radical (unpaired) electrons. The van der Waals surface area contributed by atoms with Crippen molar-refractivity contribution in [2.75, 3.05) is 42.6 Å². The van der Waals surface area contributed by atoms with Gasteiger partial charge < -0.3 is 25.4 Å². The van der Waals surface area contributed by atoms with Crippen LogP contribution in [0.15, 0.2) is 48.5 Å². The molecule has 0 bridgehead atoms. The molecule has 1 aliphatic rings. The van der Waals surface area contributed by atoms with Gasteiger partial charge in [-0.3, -0.25) is 5.41 Å². The first-order valence-electron chi connectivity index (χ1n) is 8.42. The summed E-state index contributed by atoms with van der Waals surface area (Å²) in [5.41, 5.74) is 8.46. The fourth-order valence-electron chi connectivity index (χ4n) is 2.97. The van der Waals surface area contributed by atoms with Crippen LogP contribution < -0.4 is 20.3 Å². The van der Waals surface area contributed by atoms with Crippen molar-refractivity contribution in [1.82, 2.24) is 0 Å². The highest BCUT2D eigenvalue weighted by molar-refractivity contribution is 5.95. The number of halogens is 2. The van der Waals surface area contributed by atoms with E-state index in [1.54, 1.807) is 12.1 Å². The number of nitrogens with two attached hydrogens (primary N) is 1. The fourth-order valence-corrected chi connectivity index (χ4v) is 2.97. The van der Waals surface area contributed by atoms with Gasteiger partial charge in [0.15, 0.2) is 6.61 Å². The molecule has 7 nitrogen and oxygen atoms in total. The van der Waals surface area contributed by atoms with Gasteiger partial charge in [0.25, 0.3) is 0 Å². The lowest BCUT2D eigenvalue weighted by Crippen LogP contribution is -2.46. The minimum absolute atomic E-state index is 0. The van der Waals surface area contributed by atoms with Gasteiger partial charge >= 0.3 is 5.97 Å². The summed E-state index contributed by atoms with van der Waals surface area (Å²) in [4.78, 5) is 15.1. The maximum atomic E-state index is 10.5. The van der Waals surface area contributed by atoms with Crippen molar-refractivity contribution in [2.45, 2.75) is 0 Å². The first-order chi connectivity index (χ1) is 12.5. The van der Waals surface area contributed by atoms with E-state index in [0.717, 1.165) is 43.1 Å². The molecule has 0 saturated carbocycles. The fraction of sp³-hybridized carbons (Fsp3) is 0.263. The molecular formula is C19H24Cl2N4O3. The number of carboxylic acid groups (broad SMARTS) is 1. The number of rotatable bonds is 6. The third-order valence-electron chi connectivity index (χ3n) is 4.39. The molecule has 152 valence electrons. The summed E-state index contributed by atoms with van der Waals surface area (Å²) in [6.07, 6.45) is 0. The highest BCUT2D eigenvalue weighted by Crippen LogP contribution is 2.23. The summed E-state index contributed by atoms with van der Waals surface area (Å²) in [6.45, 7) is 3.25. The van der Waals surface area contributed by atoms with Crippen LogP contribution >= 0.6 is 24.8 Å². The molecule has 0 spiro atoms. The number of hydrogen-bond acceptors (Lipinski definition) is 5. The van der Waals surface area contributed by atoms with Crippen molar-refractivity contribution < 1.29 is 14.6 Å². The van der Waals surface area contributed by atoms with Crippen LogP contribution in [0.1, 0.15) is 5.56 Å². The van der Waals surface area contributed by atoms with E-state index in [9.17, 15) is 4.79 Å². The summed E-state index contributed by atoms with van der Waals surface area (Å²) in [5.74, 6) is -0.348. The number of anilines is 2. The lowest BCUT2D eigenvalue weighted by Gasteiger charge is -2.37. The molecular weight excluding hydrogens is 403 g/mol. The Morgan fingerprint density at radius 3 is 1.75 bits per heavy atom. The molecule has 0 unspecified atom stereocenters. The van der Waals surface area contributed by atoms with Crippen molar-refractivity contribution in [3.05, 3.63) is 54.1 Å². The number of piperazine rings is 1. The quantitative estimate of drug-likeness (QED) is 0.484. The molecule has 2 aromatic carbocycles. The van der Waals surface area contributed by atoms with Crippen molar-refractivity contribution in [3.63, 3.8) is 0 Å². The minimum atomic E-state index is -0.985. The van der Waals surface area contributed by atoms with Crippen molar-refractivity contribution in [3.8, 4) is 5.75 Å². The van der Waals surface area contributed by atoms with Crippen LogP contribution in [-0.2, 0) is 4.79 Å². The average molecular weight is 427 g/mol. The van der Waals surface area contributed by atoms with Crippen LogP contribution in [0.4, 0.5) is 11.4 Å². The second kappa shape index (κ2) is 10.6. The largest absolute Gasteiger partial charge is 0.482 e. The third-order valence-corrected chi connectivity index (χ3v) is 4.39. The highest BCUT2D eigenvalue weighted by atomic mass is 35.5. The zero-order valence-electron chi connectivity index (χ0n) is 15.2. The van der Waals surface area contributed by atoms with Gasteiger partial charge in [-0.1, -0.05) is 0 Å². The molecule has 0 atom stereocenters. The molecule has 2 aromatic rings. The van der Waals surface area contributed by atoms with E-state index in [4.69, 9.17) is 21.0 Å². The standard InChI is InChI=1S/C19H22N4O3.2ClH/c20-19(21)14-1-3-15(4-2-14)22-9-11-23(12-10-22)16-5-7-17(8-6-16)26-13-18(24)25;;/h1-8H,9-13H2,(H3,20,21)(H,24,25);2*1H. The average Bonchev–Trinajstić information content (AvgIpc) is 2.67. The van der Waals surface area contributed by atoms with Gasteiger partial charge in [0.05, 0.1) is 0 Å². The van der Waals surface area contributed by atoms with E-state index in [2.05, 4.69) is 9.80 Å². The van der Waals surface area contributed by atoms with E-state index in [1.807, 2.05) is 36.4 Å². The number of amidine groups is 1. The molecule has 1 fully saturated rings. The van der Waals surface area contributed by atoms with Crippen molar-refractivity contribution in [2.24, 2.45) is 5.73 Å². The SMILES string of the molecule is Cl.Cl.N=C(N)c1ccc(N2CCN(c3ccc(OCC(=O)O)cc3)CC2)cc1. The molecule has 1 saturated heterocycles. The predicted molar refractivity (Wildman–Crippen MR) is 116 cm³/mol. The first kappa shape index (κ1) is 23.4. The van der Waals surface area contributed by atoms with E-state index in [-0.39, 0.29) is 37.3 Å². The first-order valence-corrected chi connectivity index (χ1v) is 8.42. The zero-order chi connectivity index (χ0) is 18.5. The molecule has 3 rings (SSSR count). The molecule has 0 aromatic heterocycles. The summed E-state index contributed by atoms with van der Waals surface area (Å²) in [5, 5.41) is 16.1. The molecule has 1 heterocycles. The Bertz CT molecular complexity index is 777. The number of carboxylic acids is 1. The monoisotopic (exact) mass is 426 g/mol. The van der Waals surface area contributed by atoms with Gasteiger partial charge in [-0.05, 0) is 48.5 Å². The summed E-state index contributed by atoms with van der Waals surface area (Å²) < 4.78 is 5.16. The Kier molecular flexibility index (Phi) is 8.88. The zero-order valence-corrected chi connectivity index (χ0v) is 16.8. The molecule has 9 heteroatoms. The van der Waals surface area contributed by atoms with Gasteiger partial charge in [-0.25, -0.2) is 4.79 Å².